The van der Waals surface area contributed by atoms with Crippen molar-refractivity contribution in [2.45, 2.75) is 49.0 Å². The zero-order valence-electron chi connectivity index (χ0n) is 22.4. The van der Waals surface area contributed by atoms with Gasteiger partial charge in [-0.05, 0) is 0 Å². The lowest BCUT2D eigenvalue weighted by molar-refractivity contribution is -0.142. The van der Waals surface area contributed by atoms with Crippen LogP contribution in [0, 0.1) is 0 Å². The number of aromatic nitrogens is 9. The highest BCUT2D eigenvalue weighted by Gasteiger charge is 2.61. The number of aromatic amines is 2. The maximum Gasteiger partial charge on any atom is 0.386 e. The van der Waals surface area contributed by atoms with Crippen LogP contribution < -0.4 is 16.9 Å². The number of fused-ring (bicyclic) bond motifs is 2. The standard InChI is InChI=1S/C19H21F3N10O10P2S2/c20-7-5(1-38-43(36)45)40-16(31-4-26-8-13(31)27-18(23)28-15(8)35)10(7)42-44(37,46)39-2-6-11(33)19(21,22)17(41-6)32-12-9(29-30-32)14(34)25-3-24-12/h3-7,10-11,16-17,33,43H,1-2H2,(H,36,45)(H,37,46)(H,24,25,34)(H3,23,27,28,35)/t5-,6-,7-,10-,11-,16-,17-,44?/m1/s1. The molecule has 2 saturated heterocycles. The van der Waals surface area contributed by atoms with E-state index in [9.17, 15) is 23.8 Å². The summed E-state index contributed by atoms with van der Waals surface area (Å²) in [5.74, 6) is -4.37. The number of alkyl halides is 3. The predicted octanol–water partition coefficient (Wildman–Crippen LogP) is 0.135. The number of hydrogen-bond acceptors (Lipinski definition) is 16. The fraction of sp³-hybridized carbons (Fsp3) is 0.526. The number of aliphatic hydroxyl groups excluding tert-OH is 1. The molecule has 0 saturated carbocycles. The Labute approximate surface area is 262 Å². The van der Waals surface area contributed by atoms with Gasteiger partial charge in [-0.1, -0.05) is 29.7 Å². The van der Waals surface area contributed by atoms with Crippen LogP contribution in [0.1, 0.15) is 12.5 Å². The molecule has 0 amide bonds. The molecule has 2 aliphatic heterocycles. The first-order valence-electron chi connectivity index (χ1n) is 12.7. The van der Waals surface area contributed by atoms with Crippen LogP contribution in [0.15, 0.2) is 22.2 Å². The Kier molecular flexibility index (Phi) is 8.84. The van der Waals surface area contributed by atoms with Gasteiger partial charge in [0.25, 0.3) is 11.1 Å². The average Bonchev–Trinajstić information content (AvgIpc) is 3.72. The van der Waals surface area contributed by atoms with Gasteiger partial charge in [-0.25, -0.2) is 18.9 Å². The number of nitrogens with two attached hydrogens (primary N) is 1. The Morgan fingerprint density at radius 2 is 1.93 bits per heavy atom. The summed E-state index contributed by atoms with van der Waals surface area (Å²) in [6, 6.07) is 0. The van der Waals surface area contributed by atoms with Gasteiger partial charge in [0, 0.05) is 0 Å². The van der Waals surface area contributed by atoms with Crippen LogP contribution in [0.4, 0.5) is 19.1 Å². The number of imidazole rings is 1. The van der Waals surface area contributed by atoms with E-state index in [1.165, 1.54) is 0 Å². The molecule has 5 N–H and O–H groups in total. The summed E-state index contributed by atoms with van der Waals surface area (Å²) >= 11 is 7.46. The maximum atomic E-state index is 15.7. The molecule has 2 aliphatic rings. The van der Waals surface area contributed by atoms with Crippen LogP contribution in [0.5, 0.6) is 0 Å². The van der Waals surface area contributed by atoms with Crippen molar-refractivity contribution in [1.29, 1.82) is 0 Å². The normalized spacial score (nSPS) is 29.8. The van der Waals surface area contributed by atoms with Crippen LogP contribution in [-0.4, -0.2) is 99.3 Å². The zero-order valence-corrected chi connectivity index (χ0v) is 26.1. The van der Waals surface area contributed by atoms with Gasteiger partial charge < -0.3 is 29.8 Å². The monoisotopic (exact) mass is 732 g/mol. The van der Waals surface area contributed by atoms with Gasteiger partial charge in [-0.3, -0.25) is 32.8 Å². The second-order valence-electron chi connectivity index (χ2n) is 9.78. The maximum absolute atomic E-state index is 15.7. The van der Waals surface area contributed by atoms with E-state index in [0.717, 1.165) is 17.2 Å². The molecule has 0 bridgehead atoms. The second kappa shape index (κ2) is 12.3. The van der Waals surface area contributed by atoms with E-state index in [-0.39, 0.29) is 28.3 Å². The molecule has 4 aromatic rings. The van der Waals surface area contributed by atoms with Crippen molar-refractivity contribution in [2.24, 2.45) is 0 Å². The van der Waals surface area contributed by atoms with E-state index in [4.69, 9.17) is 28.8 Å². The fourth-order valence-corrected chi connectivity index (χ4v) is 6.79. The Hall–Kier alpha value is -2.86. The van der Waals surface area contributed by atoms with Crippen molar-refractivity contribution in [1.82, 2.24) is 44.5 Å². The number of anilines is 1. The number of aliphatic hydroxyl groups is 1. The number of rotatable bonds is 10. The SMILES string of the molecule is Nc1nc2c(ncn2[C@@H]2O[C@H](CO[PH](=O)S)[C@@H](F)[C@H]2OP(=O)(S)OC[C@H]2O[C@@H](n3nnc4c(=O)[nH]cnc43)C(F)(F)[C@@H]2O)c(=O)[nH]1. The minimum absolute atomic E-state index is 0.181. The molecule has 4 aromatic heterocycles. The Bertz CT molecular complexity index is 1980. The van der Waals surface area contributed by atoms with Gasteiger partial charge in [0.1, 0.15) is 18.3 Å². The van der Waals surface area contributed by atoms with Gasteiger partial charge in [0.2, 0.25) is 19.4 Å². The molecule has 27 heteroatoms. The lowest BCUT2D eigenvalue weighted by atomic mass is 10.1. The molecule has 0 spiro atoms. The third-order valence-electron chi connectivity index (χ3n) is 6.89. The van der Waals surface area contributed by atoms with Gasteiger partial charge in [-0.2, -0.15) is 18.4 Å². The number of halogens is 3. The van der Waals surface area contributed by atoms with Crippen molar-refractivity contribution in [3.05, 3.63) is 33.4 Å². The first-order chi connectivity index (χ1) is 21.7. The van der Waals surface area contributed by atoms with E-state index < -0.39 is 87.3 Å². The molecule has 2 unspecified atom stereocenters. The predicted molar refractivity (Wildman–Crippen MR) is 154 cm³/mol. The Morgan fingerprint density at radius 1 is 1.17 bits per heavy atom. The molecule has 0 radical (unpaired) electrons. The summed E-state index contributed by atoms with van der Waals surface area (Å²) in [7, 11) is -2.84. The third-order valence-corrected chi connectivity index (χ3v) is 9.30. The summed E-state index contributed by atoms with van der Waals surface area (Å²) in [5, 5.41) is 17.3. The minimum Gasteiger partial charge on any atom is -0.384 e. The first-order valence-corrected chi connectivity index (χ1v) is 18.0. The molecular weight excluding hydrogens is 711 g/mol. The number of hydrogen-bond donors (Lipinski definition) is 6. The number of thiol groups is 2. The van der Waals surface area contributed by atoms with E-state index >= 15 is 13.2 Å². The second-order valence-corrected chi connectivity index (χ2v) is 14.6. The van der Waals surface area contributed by atoms with E-state index in [2.05, 4.69) is 59.7 Å². The molecule has 20 nitrogen and oxygen atoms in total. The molecule has 0 aliphatic carbocycles. The number of nitrogens with one attached hydrogen (secondary N) is 2. The van der Waals surface area contributed by atoms with Crippen molar-refractivity contribution in [3.63, 3.8) is 0 Å². The molecule has 46 heavy (non-hydrogen) atoms. The quantitative estimate of drug-likeness (QED) is 0.0935. The van der Waals surface area contributed by atoms with Crippen molar-refractivity contribution >= 4 is 66.8 Å². The van der Waals surface area contributed by atoms with Crippen molar-refractivity contribution in [3.8, 4) is 0 Å². The van der Waals surface area contributed by atoms with Crippen LogP contribution in [0.2, 0.25) is 0 Å². The number of ether oxygens (including phenoxy) is 2. The van der Waals surface area contributed by atoms with E-state index in [0.29, 0.717) is 4.68 Å². The topological polar surface area (TPSA) is 267 Å². The molecule has 0 aromatic carbocycles. The number of nitrogen functional groups attached to an aromatic ring is 1. The summed E-state index contributed by atoms with van der Waals surface area (Å²) in [5.41, 5.74) is 2.96. The Balaban J connectivity index is 1.22. The Morgan fingerprint density at radius 3 is 2.67 bits per heavy atom. The van der Waals surface area contributed by atoms with Gasteiger partial charge >= 0.3 is 12.7 Å². The highest BCUT2D eigenvalue weighted by atomic mass is 32.7. The van der Waals surface area contributed by atoms with Crippen LogP contribution >= 0.6 is 38.5 Å². The summed E-state index contributed by atoms with van der Waals surface area (Å²) in [4.78, 5) is 40.2. The molecule has 9 atom stereocenters. The highest BCUT2D eigenvalue weighted by Crippen LogP contribution is 2.58. The van der Waals surface area contributed by atoms with Gasteiger partial charge in [-0.15, -0.1) is 5.10 Å². The van der Waals surface area contributed by atoms with Crippen LogP contribution in [0.3, 0.4) is 0 Å². The zero-order chi connectivity index (χ0) is 33.1. The first kappa shape index (κ1) is 33.1. The average molecular weight is 733 g/mol. The third kappa shape index (κ3) is 6.00. The van der Waals surface area contributed by atoms with Crippen molar-refractivity contribution in [2.75, 3.05) is 18.9 Å². The van der Waals surface area contributed by atoms with Crippen molar-refractivity contribution < 1.29 is 50.5 Å². The minimum atomic E-state index is -4.72. The van der Waals surface area contributed by atoms with Crippen LogP contribution in [-0.2, 0) is 32.2 Å². The van der Waals surface area contributed by atoms with Gasteiger partial charge in [0.15, 0.2) is 40.8 Å². The summed E-state index contributed by atoms with van der Waals surface area (Å²) in [6.45, 7) is -6.35. The largest absolute Gasteiger partial charge is 0.386 e. The smallest absolute Gasteiger partial charge is 0.384 e. The lowest BCUT2D eigenvalue weighted by Gasteiger charge is -2.25. The molecule has 250 valence electrons. The van der Waals surface area contributed by atoms with Crippen LogP contribution in [0.25, 0.3) is 22.3 Å². The molecule has 2 fully saturated rings. The van der Waals surface area contributed by atoms with E-state index in [1.807, 2.05) is 0 Å². The lowest BCUT2D eigenvalue weighted by Crippen LogP contribution is -2.40. The summed E-state index contributed by atoms with van der Waals surface area (Å²) < 4.78 is 98.4. The summed E-state index contributed by atoms with van der Waals surface area (Å²) in [6.07, 6.45) is -11.9. The highest BCUT2D eigenvalue weighted by molar-refractivity contribution is 8.44. The van der Waals surface area contributed by atoms with Gasteiger partial charge in [0.05, 0.1) is 25.9 Å². The van der Waals surface area contributed by atoms with E-state index in [1.54, 1.807) is 0 Å². The molecular formula is C19H21F3N10O10P2S2. The fourth-order valence-electron chi connectivity index (χ4n) is 4.81. The molecule has 6 heterocycles. The number of nitrogens with zero attached hydrogens (tertiary/aromatic N) is 7. The number of H-pyrrole nitrogens is 2. The molecule has 6 rings (SSSR count).